The van der Waals surface area contributed by atoms with Gasteiger partial charge in [-0.15, -0.1) is 0 Å². The molecule has 0 aliphatic carbocycles. The lowest BCUT2D eigenvalue weighted by Gasteiger charge is -1.98. The van der Waals surface area contributed by atoms with Crippen molar-refractivity contribution in [2.45, 2.75) is 0 Å². The summed E-state index contributed by atoms with van der Waals surface area (Å²) in [5.41, 5.74) is 1.64. The SMILES string of the molecule is O=C(O)C(=Cc1ccccc1)c1ccoc1. The predicted octanol–water partition coefficient (Wildman–Crippen LogP) is 2.90. The molecule has 0 radical (unpaired) electrons. The van der Waals surface area contributed by atoms with Crippen LogP contribution < -0.4 is 0 Å². The van der Waals surface area contributed by atoms with Gasteiger partial charge in [0.2, 0.25) is 0 Å². The van der Waals surface area contributed by atoms with Crippen LogP contribution in [0.15, 0.2) is 53.3 Å². The number of hydrogen-bond acceptors (Lipinski definition) is 2. The summed E-state index contributed by atoms with van der Waals surface area (Å²) < 4.78 is 4.88. The van der Waals surface area contributed by atoms with Crippen molar-refractivity contribution >= 4 is 17.6 Å². The molecule has 0 spiro atoms. The molecule has 0 unspecified atom stereocenters. The number of carbonyl (C=O) groups is 1. The molecule has 3 heteroatoms. The number of hydrogen-bond donors (Lipinski definition) is 1. The number of rotatable bonds is 3. The fourth-order valence-corrected chi connectivity index (χ4v) is 1.40. The van der Waals surface area contributed by atoms with Gasteiger partial charge in [-0.05, 0) is 17.7 Å². The van der Waals surface area contributed by atoms with E-state index >= 15 is 0 Å². The molecule has 1 aromatic carbocycles. The average Bonchev–Trinajstić information content (AvgIpc) is 2.80. The lowest BCUT2D eigenvalue weighted by molar-refractivity contribution is -0.130. The summed E-state index contributed by atoms with van der Waals surface area (Å²) in [5, 5.41) is 9.10. The molecule has 16 heavy (non-hydrogen) atoms. The van der Waals surface area contributed by atoms with Crippen molar-refractivity contribution in [3.63, 3.8) is 0 Å². The third kappa shape index (κ3) is 2.20. The van der Waals surface area contributed by atoms with Crippen molar-refractivity contribution in [2.75, 3.05) is 0 Å². The lowest BCUT2D eigenvalue weighted by Crippen LogP contribution is -1.98. The molecule has 1 N–H and O–H groups in total. The summed E-state index contributed by atoms with van der Waals surface area (Å²) in [5.74, 6) is -0.967. The molecule has 3 nitrogen and oxygen atoms in total. The van der Waals surface area contributed by atoms with Gasteiger partial charge in [-0.1, -0.05) is 30.3 Å². The van der Waals surface area contributed by atoms with Gasteiger partial charge >= 0.3 is 5.97 Å². The highest BCUT2D eigenvalue weighted by Crippen LogP contribution is 2.18. The van der Waals surface area contributed by atoms with Crippen LogP contribution in [0, 0.1) is 0 Å². The Hall–Kier alpha value is -2.29. The van der Waals surface area contributed by atoms with Crippen LogP contribution in [-0.4, -0.2) is 11.1 Å². The van der Waals surface area contributed by atoms with Crippen LogP contribution in [0.3, 0.4) is 0 Å². The summed E-state index contributed by atoms with van der Waals surface area (Å²) in [7, 11) is 0. The first-order chi connectivity index (χ1) is 7.77. The monoisotopic (exact) mass is 214 g/mol. The second-order valence-electron chi connectivity index (χ2n) is 3.29. The Morgan fingerprint density at radius 2 is 1.94 bits per heavy atom. The predicted molar refractivity (Wildman–Crippen MR) is 60.7 cm³/mol. The molecule has 1 heterocycles. The Morgan fingerprint density at radius 3 is 2.50 bits per heavy atom. The largest absolute Gasteiger partial charge is 0.478 e. The minimum atomic E-state index is -0.967. The van der Waals surface area contributed by atoms with E-state index in [0.29, 0.717) is 5.56 Å². The van der Waals surface area contributed by atoms with Gasteiger partial charge < -0.3 is 9.52 Å². The summed E-state index contributed by atoms with van der Waals surface area (Å²) in [6.45, 7) is 0. The van der Waals surface area contributed by atoms with Crippen LogP contribution in [0.1, 0.15) is 11.1 Å². The highest BCUT2D eigenvalue weighted by Gasteiger charge is 2.11. The molecule has 0 saturated heterocycles. The highest BCUT2D eigenvalue weighted by molar-refractivity contribution is 6.20. The summed E-state index contributed by atoms with van der Waals surface area (Å²) in [6, 6.07) is 10.9. The number of carboxylic acid groups (broad SMARTS) is 1. The summed E-state index contributed by atoms with van der Waals surface area (Å²) in [4.78, 5) is 11.1. The van der Waals surface area contributed by atoms with Gasteiger partial charge in [0, 0.05) is 5.56 Å². The number of carboxylic acids is 1. The van der Waals surface area contributed by atoms with Gasteiger partial charge in [-0.25, -0.2) is 4.79 Å². The maximum absolute atomic E-state index is 11.1. The Bertz CT molecular complexity index is 495. The molecule has 0 atom stereocenters. The average molecular weight is 214 g/mol. The fourth-order valence-electron chi connectivity index (χ4n) is 1.40. The van der Waals surface area contributed by atoms with E-state index in [9.17, 15) is 4.79 Å². The highest BCUT2D eigenvalue weighted by atomic mass is 16.4. The molecule has 80 valence electrons. The topological polar surface area (TPSA) is 50.4 Å². The third-order valence-corrected chi connectivity index (χ3v) is 2.17. The molecule has 0 bridgehead atoms. The van der Waals surface area contributed by atoms with Crippen molar-refractivity contribution in [1.29, 1.82) is 0 Å². The second-order valence-corrected chi connectivity index (χ2v) is 3.29. The molecular weight excluding hydrogens is 204 g/mol. The van der Waals surface area contributed by atoms with Crippen LogP contribution in [0.4, 0.5) is 0 Å². The first-order valence-corrected chi connectivity index (χ1v) is 4.80. The van der Waals surface area contributed by atoms with Gasteiger partial charge in [0.05, 0.1) is 18.1 Å². The van der Waals surface area contributed by atoms with Gasteiger partial charge in [-0.2, -0.15) is 0 Å². The van der Waals surface area contributed by atoms with Gasteiger partial charge in [0.15, 0.2) is 0 Å². The van der Waals surface area contributed by atoms with E-state index in [4.69, 9.17) is 9.52 Å². The zero-order valence-electron chi connectivity index (χ0n) is 8.46. The van der Waals surface area contributed by atoms with E-state index in [1.165, 1.54) is 12.5 Å². The molecular formula is C13H10O3. The lowest BCUT2D eigenvalue weighted by atomic mass is 10.1. The van der Waals surface area contributed by atoms with Gasteiger partial charge in [0.1, 0.15) is 0 Å². The Morgan fingerprint density at radius 1 is 1.19 bits per heavy atom. The standard InChI is InChI=1S/C13H10O3/c14-13(15)12(11-6-7-16-9-11)8-10-4-2-1-3-5-10/h1-9H,(H,14,15). The number of benzene rings is 1. The number of furan rings is 1. The first kappa shape index (κ1) is 10.2. The molecule has 1 aromatic heterocycles. The van der Waals surface area contributed by atoms with Crippen LogP contribution in [0.25, 0.3) is 11.6 Å². The minimum Gasteiger partial charge on any atom is -0.478 e. The van der Waals surface area contributed by atoms with Crippen molar-refractivity contribution in [3.05, 3.63) is 60.1 Å². The third-order valence-electron chi connectivity index (χ3n) is 2.17. The molecule has 0 fully saturated rings. The first-order valence-electron chi connectivity index (χ1n) is 4.80. The van der Waals surface area contributed by atoms with E-state index in [1.54, 1.807) is 12.1 Å². The molecule has 0 saturated carbocycles. The Labute approximate surface area is 92.6 Å². The van der Waals surface area contributed by atoms with Crippen LogP contribution in [0.2, 0.25) is 0 Å². The molecule has 2 rings (SSSR count). The molecule has 2 aromatic rings. The maximum Gasteiger partial charge on any atom is 0.336 e. The number of aliphatic carboxylic acids is 1. The van der Waals surface area contributed by atoms with Crippen LogP contribution in [0.5, 0.6) is 0 Å². The fraction of sp³-hybridized carbons (Fsp3) is 0. The second kappa shape index (κ2) is 4.49. The van der Waals surface area contributed by atoms with E-state index in [-0.39, 0.29) is 5.57 Å². The van der Waals surface area contributed by atoms with Crippen molar-refractivity contribution in [3.8, 4) is 0 Å². The van der Waals surface area contributed by atoms with E-state index in [1.807, 2.05) is 30.3 Å². The van der Waals surface area contributed by atoms with Gasteiger partial charge in [-0.3, -0.25) is 0 Å². The van der Waals surface area contributed by atoms with Crippen LogP contribution in [-0.2, 0) is 4.79 Å². The maximum atomic E-state index is 11.1. The Kier molecular flexibility index (Phi) is 2.87. The zero-order chi connectivity index (χ0) is 11.4. The van der Waals surface area contributed by atoms with E-state index in [0.717, 1.165) is 5.56 Å². The van der Waals surface area contributed by atoms with Crippen molar-refractivity contribution in [2.24, 2.45) is 0 Å². The zero-order valence-corrected chi connectivity index (χ0v) is 8.46. The van der Waals surface area contributed by atoms with Crippen LogP contribution >= 0.6 is 0 Å². The van der Waals surface area contributed by atoms with Crippen molar-refractivity contribution in [1.82, 2.24) is 0 Å². The van der Waals surface area contributed by atoms with E-state index < -0.39 is 5.97 Å². The summed E-state index contributed by atoms with van der Waals surface area (Å²) in [6.07, 6.45) is 4.49. The van der Waals surface area contributed by atoms with E-state index in [2.05, 4.69) is 0 Å². The molecule has 0 amide bonds. The smallest absolute Gasteiger partial charge is 0.336 e. The minimum absolute atomic E-state index is 0.222. The summed E-state index contributed by atoms with van der Waals surface area (Å²) >= 11 is 0. The van der Waals surface area contributed by atoms with Crippen molar-refractivity contribution < 1.29 is 14.3 Å². The Balaban J connectivity index is 2.42. The quantitative estimate of drug-likeness (QED) is 0.799. The molecule has 0 aliphatic heterocycles. The molecule has 0 aliphatic rings. The van der Waals surface area contributed by atoms with Gasteiger partial charge in [0.25, 0.3) is 0 Å². The normalized spacial score (nSPS) is 11.4.